The van der Waals surface area contributed by atoms with Gasteiger partial charge in [-0.25, -0.2) is 0 Å². The van der Waals surface area contributed by atoms with E-state index in [4.69, 9.17) is 9.15 Å². The number of benzene rings is 2. The van der Waals surface area contributed by atoms with Gasteiger partial charge in [-0.05, 0) is 60.4 Å². The summed E-state index contributed by atoms with van der Waals surface area (Å²) in [6.45, 7) is 4.22. The van der Waals surface area contributed by atoms with E-state index in [1.807, 2.05) is 24.3 Å². The Labute approximate surface area is 169 Å². The van der Waals surface area contributed by atoms with E-state index in [0.29, 0.717) is 23.0 Å². The molecule has 0 radical (unpaired) electrons. The zero-order chi connectivity index (χ0) is 20.6. The van der Waals surface area contributed by atoms with E-state index in [-0.39, 0.29) is 24.2 Å². The lowest BCUT2D eigenvalue weighted by molar-refractivity contribution is -0.118. The molecule has 2 N–H and O–H groups in total. The van der Waals surface area contributed by atoms with Crippen molar-refractivity contribution < 1.29 is 18.7 Å². The quantitative estimate of drug-likeness (QED) is 0.561. The normalized spacial score (nSPS) is 11.5. The molecular weight excluding hydrogens is 368 g/mol. The SMILES string of the molecule is CC[C@@H](C)c1ccc(OCC(=O)Nc2cccc(NC(=O)c3ccco3)c2)cc1. The first-order valence-electron chi connectivity index (χ1n) is 9.52. The summed E-state index contributed by atoms with van der Waals surface area (Å²) in [6.07, 6.45) is 2.51. The van der Waals surface area contributed by atoms with Crippen LogP contribution in [-0.4, -0.2) is 18.4 Å². The standard InChI is InChI=1S/C23H24N2O4/c1-3-16(2)17-9-11-20(12-10-17)29-15-22(26)24-18-6-4-7-19(14-18)25-23(27)21-8-5-13-28-21/h4-14,16H,3,15H2,1-2H3,(H,24,26)(H,25,27)/t16-/m1/s1. The molecule has 150 valence electrons. The Kier molecular flexibility index (Phi) is 6.68. The highest BCUT2D eigenvalue weighted by molar-refractivity contribution is 6.02. The molecule has 2 amide bonds. The summed E-state index contributed by atoms with van der Waals surface area (Å²) in [7, 11) is 0. The lowest BCUT2D eigenvalue weighted by Crippen LogP contribution is -2.20. The third kappa shape index (κ3) is 5.72. The number of ether oxygens (including phenoxy) is 1. The molecule has 0 spiro atoms. The van der Waals surface area contributed by atoms with Crippen molar-refractivity contribution in [3.63, 3.8) is 0 Å². The minimum atomic E-state index is -0.359. The second-order valence-electron chi connectivity index (χ2n) is 6.73. The van der Waals surface area contributed by atoms with Gasteiger partial charge < -0.3 is 19.8 Å². The van der Waals surface area contributed by atoms with Crippen LogP contribution in [0, 0.1) is 0 Å². The monoisotopic (exact) mass is 392 g/mol. The molecule has 1 atom stereocenters. The van der Waals surface area contributed by atoms with Gasteiger partial charge in [0, 0.05) is 11.4 Å². The topological polar surface area (TPSA) is 80.6 Å². The molecule has 0 unspecified atom stereocenters. The molecule has 29 heavy (non-hydrogen) atoms. The van der Waals surface area contributed by atoms with Gasteiger partial charge in [0.1, 0.15) is 5.75 Å². The molecule has 0 saturated heterocycles. The van der Waals surface area contributed by atoms with Gasteiger partial charge in [-0.3, -0.25) is 9.59 Å². The van der Waals surface area contributed by atoms with Gasteiger partial charge in [0.15, 0.2) is 12.4 Å². The van der Waals surface area contributed by atoms with Crippen molar-refractivity contribution in [3.05, 3.63) is 78.3 Å². The molecule has 0 aliphatic rings. The third-order valence-electron chi connectivity index (χ3n) is 4.58. The Balaban J connectivity index is 1.52. The fraction of sp³-hybridized carbons (Fsp3) is 0.217. The van der Waals surface area contributed by atoms with E-state index in [2.05, 4.69) is 24.5 Å². The van der Waals surface area contributed by atoms with Gasteiger partial charge in [0.25, 0.3) is 11.8 Å². The largest absolute Gasteiger partial charge is 0.484 e. The van der Waals surface area contributed by atoms with Crippen LogP contribution < -0.4 is 15.4 Å². The maximum absolute atomic E-state index is 12.2. The van der Waals surface area contributed by atoms with Crippen molar-refractivity contribution in [3.8, 4) is 5.75 Å². The van der Waals surface area contributed by atoms with Crippen LogP contribution in [0.3, 0.4) is 0 Å². The second kappa shape index (κ2) is 9.59. The van der Waals surface area contributed by atoms with Gasteiger partial charge >= 0.3 is 0 Å². The Hall–Kier alpha value is -3.54. The number of amides is 2. The first-order chi connectivity index (χ1) is 14.0. The summed E-state index contributed by atoms with van der Waals surface area (Å²) in [5, 5.41) is 5.48. The second-order valence-corrected chi connectivity index (χ2v) is 6.73. The summed E-state index contributed by atoms with van der Waals surface area (Å²) < 4.78 is 10.6. The van der Waals surface area contributed by atoms with Gasteiger partial charge in [0.05, 0.1) is 6.26 Å². The van der Waals surface area contributed by atoms with Crippen LogP contribution in [0.1, 0.15) is 42.3 Å². The van der Waals surface area contributed by atoms with E-state index >= 15 is 0 Å². The minimum absolute atomic E-state index is 0.105. The third-order valence-corrected chi connectivity index (χ3v) is 4.58. The van der Waals surface area contributed by atoms with Crippen LogP contribution in [-0.2, 0) is 4.79 Å². The number of carbonyl (C=O) groups excluding carboxylic acids is 2. The van der Waals surface area contributed by atoms with Crippen LogP contribution in [0.5, 0.6) is 5.75 Å². The fourth-order valence-electron chi connectivity index (χ4n) is 2.75. The molecule has 6 nitrogen and oxygen atoms in total. The molecule has 6 heteroatoms. The van der Waals surface area contributed by atoms with E-state index < -0.39 is 0 Å². The zero-order valence-electron chi connectivity index (χ0n) is 16.5. The number of hydrogen-bond donors (Lipinski definition) is 2. The average molecular weight is 392 g/mol. The van der Waals surface area contributed by atoms with Gasteiger partial charge in [-0.15, -0.1) is 0 Å². The van der Waals surface area contributed by atoms with Crippen LogP contribution >= 0.6 is 0 Å². The molecule has 1 aromatic heterocycles. The summed E-state index contributed by atoms with van der Waals surface area (Å²) >= 11 is 0. The molecule has 0 bridgehead atoms. The highest BCUT2D eigenvalue weighted by Gasteiger charge is 2.10. The molecule has 0 saturated carbocycles. The molecule has 3 aromatic rings. The van der Waals surface area contributed by atoms with Crippen molar-refractivity contribution in [1.29, 1.82) is 0 Å². The number of carbonyl (C=O) groups is 2. The van der Waals surface area contributed by atoms with Gasteiger partial charge in [-0.1, -0.05) is 32.0 Å². The highest BCUT2D eigenvalue weighted by Crippen LogP contribution is 2.21. The van der Waals surface area contributed by atoms with Crippen LogP contribution in [0.15, 0.2) is 71.3 Å². The predicted octanol–water partition coefficient (Wildman–Crippen LogP) is 5.06. The van der Waals surface area contributed by atoms with Crippen LogP contribution in [0.4, 0.5) is 11.4 Å². The molecule has 0 aliphatic heterocycles. The minimum Gasteiger partial charge on any atom is -0.484 e. The lowest BCUT2D eigenvalue weighted by atomic mass is 9.99. The van der Waals surface area contributed by atoms with Gasteiger partial charge in [0.2, 0.25) is 0 Å². The maximum atomic E-state index is 12.2. The van der Waals surface area contributed by atoms with Crippen molar-refractivity contribution in [2.45, 2.75) is 26.2 Å². The first-order valence-corrected chi connectivity index (χ1v) is 9.52. The zero-order valence-corrected chi connectivity index (χ0v) is 16.5. The fourth-order valence-corrected chi connectivity index (χ4v) is 2.75. The number of hydrogen-bond acceptors (Lipinski definition) is 4. The van der Waals surface area contributed by atoms with Crippen LogP contribution in [0.2, 0.25) is 0 Å². The number of rotatable bonds is 8. The molecule has 3 rings (SSSR count). The molecular formula is C23H24N2O4. The smallest absolute Gasteiger partial charge is 0.291 e. The number of nitrogens with one attached hydrogen (secondary N) is 2. The average Bonchev–Trinajstić information content (AvgIpc) is 3.27. The first kappa shape index (κ1) is 20.2. The Bertz CT molecular complexity index is 949. The van der Waals surface area contributed by atoms with Crippen molar-refractivity contribution in [2.75, 3.05) is 17.2 Å². The van der Waals surface area contributed by atoms with E-state index in [0.717, 1.165) is 6.42 Å². The van der Waals surface area contributed by atoms with Crippen molar-refractivity contribution in [1.82, 2.24) is 0 Å². The van der Waals surface area contributed by atoms with Crippen molar-refractivity contribution in [2.24, 2.45) is 0 Å². The Morgan fingerprint density at radius 3 is 2.38 bits per heavy atom. The van der Waals surface area contributed by atoms with Gasteiger partial charge in [-0.2, -0.15) is 0 Å². The van der Waals surface area contributed by atoms with Crippen LogP contribution in [0.25, 0.3) is 0 Å². The van der Waals surface area contributed by atoms with E-state index in [1.165, 1.54) is 11.8 Å². The van der Waals surface area contributed by atoms with E-state index in [1.54, 1.807) is 36.4 Å². The lowest BCUT2D eigenvalue weighted by Gasteiger charge is -2.11. The predicted molar refractivity (Wildman–Crippen MR) is 112 cm³/mol. The summed E-state index contributed by atoms with van der Waals surface area (Å²) in [5.41, 5.74) is 2.35. The number of anilines is 2. The maximum Gasteiger partial charge on any atom is 0.291 e. The Morgan fingerprint density at radius 1 is 1.00 bits per heavy atom. The number of furan rings is 1. The molecule has 2 aromatic carbocycles. The Morgan fingerprint density at radius 2 is 1.72 bits per heavy atom. The molecule has 0 fully saturated rings. The summed E-state index contributed by atoms with van der Waals surface area (Å²) in [5.74, 6) is 0.708. The highest BCUT2D eigenvalue weighted by atomic mass is 16.5. The summed E-state index contributed by atoms with van der Waals surface area (Å²) in [6, 6.07) is 17.9. The summed E-state index contributed by atoms with van der Waals surface area (Å²) in [4.78, 5) is 24.2. The van der Waals surface area contributed by atoms with E-state index in [9.17, 15) is 9.59 Å². The molecule has 1 heterocycles. The molecule has 0 aliphatic carbocycles. The van der Waals surface area contributed by atoms with Crippen molar-refractivity contribution >= 4 is 23.2 Å².